The fourth-order valence-electron chi connectivity index (χ4n) is 4.33. The van der Waals surface area contributed by atoms with Gasteiger partial charge in [0.2, 0.25) is 0 Å². The minimum atomic E-state index is -0.496. The maximum atomic E-state index is 14.3. The average molecular weight is 410 g/mol. The van der Waals surface area contributed by atoms with Gasteiger partial charge in [-0.1, -0.05) is 6.07 Å². The zero-order chi connectivity index (χ0) is 20.7. The van der Waals surface area contributed by atoms with Crippen molar-refractivity contribution in [2.24, 2.45) is 0 Å². The van der Waals surface area contributed by atoms with Gasteiger partial charge in [-0.3, -0.25) is 4.79 Å². The van der Waals surface area contributed by atoms with E-state index in [4.69, 9.17) is 14.5 Å². The summed E-state index contributed by atoms with van der Waals surface area (Å²) in [5.74, 6) is -0.239. The largest absolute Gasteiger partial charge is 0.384 e. The Balaban J connectivity index is 1.50. The fourth-order valence-corrected chi connectivity index (χ4v) is 4.33. The first kappa shape index (κ1) is 19.2. The van der Waals surface area contributed by atoms with E-state index in [1.54, 1.807) is 7.11 Å². The molecule has 3 aromatic rings. The van der Waals surface area contributed by atoms with Crippen LogP contribution in [0.2, 0.25) is 0 Å². The molecule has 0 spiro atoms. The van der Waals surface area contributed by atoms with Crippen molar-refractivity contribution in [2.75, 3.05) is 32.2 Å². The minimum Gasteiger partial charge on any atom is -0.384 e. The smallest absolute Gasteiger partial charge is 0.258 e. The van der Waals surface area contributed by atoms with E-state index >= 15 is 0 Å². The average Bonchev–Trinajstić information content (AvgIpc) is 3.46. The molecule has 1 fully saturated rings. The number of carbonyl (C=O) groups excluding carboxylic acids is 1. The third kappa shape index (κ3) is 3.27. The Kier molecular flexibility index (Phi) is 4.77. The van der Waals surface area contributed by atoms with Crippen LogP contribution in [0.4, 0.5) is 10.1 Å². The van der Waals surface area contributed by atoms with Gasteiger partial charge in [0, 0.05) is 32.5 Å². The standard InChI is InChI=1S/C22H23FN4O3/c1-29-11-22(4-5-30-12-22)21-26-18-8-15(23)7-17(19(18)27-21)20(28)25-16-3-2-13-9-24-10-14(13)6-16/h2-3,6-8,24H,4-5,9-12H2,1H3,(H,25,28)(H,26,27)/t22-/m1/s1. The van der Waals surface area contributed by atoms with Crippen molar-refractivity contribution in [1.82, 2.24) is 15.3 Å². The number of hydrogen-bond acceptors (Lipinski definition) is 5. The summed E-state index contributed by atoms with van der Waals surface area (Å²) >= 11 is 0. The van der Waals surface area contributed by atoms with Gasteiger partial charge in [0.05, 0.1) is 29.7 Å². The van der Waals surface area contributed by atoms with E-state index in [-0.39, 0.29) is 5.56 Å². The second kappa shape index (κ2) is 7.46. The van der Waals surface area contributed by atoms with Crippen LogP contribution in [0.15, 0.2) is 30.3 Å². The van der Waals surface area contributed by atoms with Crippen LogP contribution >= 0.6 is 0 Å². The summed E-state index contributed by atoms with van der Waals surface area (Å²) in [6, 6.07) is 8.39. The Labute approximate surface area is 173 Å². The molecule has 0 unspecified atom stereocenters. The topological polar surface area (TPSA) is 88.3 Å². The van der Waals surface area contributed by atoms with Crippen molar-refractivity contribution < 1.29 is 18.7 Å². The lowest BCUT2D eigenvalue weighted by atomic mass is 9.87. The monoisotopic (exact) mass is 410 g/mol. The van der Waals surface area contributed by atoms with Gasteiger partial charge in [0.25, 0.3) is 5.91 Å². The molecule has 3 N–H and O–H groups in total. The SMILES string of the molecule is COC[C@]1(c2nc3c(C(=O)Nc4ccc5c(c4)CNC5)cc(F)cc3[nH]2)CCOC1. The van der Waals surface area contributed by atoms with E-state index in [1.165, 1.54) is 17.7 Å². The van der Waals surface area contributed by atoms with Crippen molar-refractivity contribution in [1.29, 1.82) is 0 Å². The molecule has 1 aromatic heterocycles. The lowest BCUT2D eigenvalue weighted by Gasteiger charge is -2.23. The number of nitrogens with zero attached hydrogens (tertiary/aromatic N) is 1. The molecule has 7 nitrogen and oxygen atoms in total. The van der Waals surface area contributed by atoms with Crippen LogP contribution in [0.25, 0.3) is 11.0 Å². The number of methoxy groups -OCH3 is 1. The van der Waals surface area contributed by atoms with E-state index in [2.05, 4.69) is 15.6 Å². The number of carbonyl (C=O) groups is 1. The summed E-state index contributed by atoms with van der Waals surface area (Å²) in [7, 11) is 1.63. The predicted molar refractivity (Wildman–Crippen MR) is 110 cm³/mol. The Morgan fingerprint density at radius 1 is 1.30 bits per heavy atom. The van der Waals surface area contributed by atoms with Crippen LogP contribution in [-0.4, -0.2) is 42.8 Å². The lowest BCUT2D eigenvalue weighted by molar-refractivity contribution is 0.102. The Morgan fingerprint density at radius 3 is 2.97 bits per heavy atom. The molecule has 1 atom stereocenters. The van der Waals surface area contributed by atoms with Crippen molar-refractivity contribution in [2.45, 2.75) is 24.9 Å². The molecule has 1 amide bonds. The Morgan fingerprint density at radius 2 is 2.17 bits per heavy atom. The summed E-state index contributed by atoms with van der Waals surface area (Å²) in [5, 5.41) is 6.16. The van der Waals surface area contributed by atoms with Crippen molar-refractivity contribution in [3.05, 3.63) is 58.7 Å². The molecule has 30 heavy (non-hydrogen) atoms. The molecule has 0 radical (unpaired) electrons. The molecular formula is C22H23FN4O3. The van der Waals surface area contributed by atoms with E-state index in [0.717, 1.165) is 25.1 Å². The van der Waals surface area contributed by atoms with Gasteiger partial charge in [-0.15, -0.1) is 0 Å². The van der Waals surface area contributed by atoms with Crippen LogP contribution in [0.3, 0.4) is 0 Å². The van der Waals surface area contributed by atoms with E-state index in [9.17, 15) is 9.18 Å². The van der Waals surface area contributed by atoms with Gasteiger partial charge in [-0.25, -0.2) is 9.37 Å². The number of ether oxygens (including phenoxy) is 2. The normalized spacial score (nSPS) is 20.6. The fraction of sp³-hybridized carbons (Fsp3) is 0.364. The number of nitrogens with one attached hydrogen (secondary N) is 3. The summed E-state index contributed by atoms with van der Waals surface area (Å²) in [6.45, 7) is 3.11. The number of halogens is 1. The van der Waals surface area contributed by atoms with Crippen molar-refractivity contribution in [3.8, 4) is 0 Å². The van der Waals surface area contributed by atoms with Crippen molar-refractivity contribution >= 4 is 22.6 Å². The molecular weight excluding hydrogens is 387 g/mol. The predicted octanol–water partition coefficient (Wildman–Crippen LogP) is 2.86. The first-order valence-electron chi connectivity index (χ1n) is 9.98. The quantitative estimate of drug-likeness (QED) is 0.602. The van der Waals surface area contributed by atoms with E-state index in [1.807, 2.05) is 18.2 Å². The van der Waals surface area contributed by atoms with Gasteiger partial charge in [-0.05, 0) is 41.8 Å². The molecule has 8 heteroatoms. The number of benzene rings is 2. The van der Waals surface area contributed by atoms with Gasteiger partial charge >= 0.3 is 0 Å². The van der Waals surface area contributed by atoms with Gasteiger partial charge in [0.15, 0.2) is 0 Å². The highest BCUT2D eigenvalue weighted by Crippen LogP contribution is 2.34. The molecule has 2 aromatic carbocycles. The van der Waals surface area contributed by atoms with Gasteiger partial charge < -0.3 is 25.1 Å². The number of rotatable bonds is 5. The Bertz CT molecular complexity index is 1120. The maximum Gasteiger partial charge on any atom is 0.258 e. The summed E-state index contributed by atoms with van der Waals surface area (Å²) in [6.07, 6.45) is 0.744. The van der Waals surface area contributed by atoms with Gasteiger partial charge in [-0.2, -0.15) is 0 Å². The molecule has 0 saturated carbocycles. The number of H-pyrrole nitrogens is 1. The number of aromatic amines is 1. The van der Waals surface area contributed by atoms with Crippen LogP contribution in [-0.2, 0) is 28.0 Å². The first-order valence-corrected chi connectivity index (χ1v) is 9.98. The zero-order valence-electron chi connectivity index (χ0n) is 16.7. The Hall–Kier alpha value is -2.81. The summed E-state index contributed by atoms with van der Waals surface area (Å²) < 4.78 is 25.3. The zero-order valence-corrected chi connectivity index (χ0v) is 16.7. The minimum absolute atomic E-state index is 0.192. The van der Waals surface area contributed by atoms with Crippen LogP contribution < -0.4 is 10.6 Å². The number of amides is 1. The highest BCUT2D eigenvalue weighted by atomic mass is 19.1. The van der Waals surface area contributed by atoms with Crippen LogP contribution in [0, 0.1) is 5.82 Å². The highest BCUT2D eigenvalue weighted by Gasteiger charge is 2.40. The second-order valence-corrected chi connectivity index (χ2v) is 7.99. The molecule has 156 valence electrons. The van der Waals surface area contributed by atoms with Crippen LogP contribution in [0.5, 0.6) is 0 Å². The number of fused-ring (bicyclic) bond motifs is 2. The lowest BCUT2D eigenvalue weighted by Crippen LogP contribution is -2.33. The molecule has 2 aliphatic rings. The number of imidazole rings is 1. The van der Waals surface area contributed by atoms with Gasteiger partial charge in [0.1, 0.15) is 17.2 Å². The second-order valence-electron chi connectivity index (χ2n) is 7.99. The number of anilines is 1. The molecule has 5 rings (SSSR count). The molecule has 3 heterocycles. The third-order valence-electron chi connectivity index (χ3n) is 5.92. The van der Waals surface area contributed by atoms with Crippen LogP contribution in [0.1, 0.15) is 33.7 Å². The summed E-state index contributed by atoms with van der Waals surface area (Å²) in [5.41, 5.74) is 3.74. The van der Waals surface area contributed by atoms with Crippen molar-refractivity contribution in [3.63, 3.8) is 0 Å². The highest BCUT2D eigenvalue weighted by molar-refractivity contribution is 6.11. The number of hydrogen-bond donors (Lipinski definition) is 3. The molecule has 0 bridgehead atoms. The maximum absolute atomic E-state index is 14.3. The third-order valence-corrected chi connectivity index (χ3v) is 5.92. The molecule has 0 aliphatic carbocycles. The summed E-state index contributed by atoms with van der Waals surface area (Å²) in [4.78, 5) is 20.9. The molecule has 1 saturated heterocycles. The molecule has 2 aliphatic heterocycles. The first-order chi connectivity index (χ1) is 14.6. The van der Waals surface area contributed by atoms with E-state index < -0.39 is 17.1 Å². The van der Waals surface area contributed by atoms with E-state index in [0.29, 0.717) is 42.4 Å². The number of aromatic nitrogens is 2.